The Kier molecular flexibility index (Phi) is 5.22. The highest BCUT2D eigenvalue weighted by molar-refractivity contribution is 5.06. The van der Waals surface area contributed by atoms with Gasteiger partial charge in [0.2, 0.25) is 0 Å². The second kappa shape index (κ2) is 6.06. The third-order valence-electron chi connectivity index (χ3n) is 4.36. The Bertz CT molecular complexity index is 289. The first-order valence-electron chi connectivity index (χ1n) is 7.42. The molecule has 1 unspecified atom stereocenters. The van der Waals surface area contributed by atoms with E-state index in [1.54, 1.807) is 0 Å². The Morgan fingerprint density at radius 1 is 1.33 bits per heavy atom. The van der Waals surface area contributed by atoms with E-state index in [2.05, 4.69) is 33.8 Å². The molecule has 104 valence electrons. The van der Waals surface area contributed by atoms with Crippen molar-refractivity contribution in [1.29, 1.82) is 5.26 Å². The minimum absolute atomic E-state index is 0.0868. The summed E-state index contributed by atoms with van der Waals surface area (Å²) in [6.07, 6.45) is 6.75. The number of aliphatic hydroxyl groups excluding tert-OH is 1. The van der Waals surface area contributed by atoms with E-state index in [-0.39, 0.29) is 5.41 Å². The van der Waals surface area contributed by atoms with Gasteiger partial charge in [-0.2, -0.15) is 5.26 Å². The second-order valence-electron chi connectivity index (χ2n) is 7.28. The molecule has 0 bridgehead atoms. The quantitative estimate of drug-likeness (QED) is 0.810. The van der Waals surface area contributed by atoms with Crippen LogP contribution in [-0.2, 0) is 0 Å². The molecule has 1 aliphatic carbocycles. The third-order valence-corrected chi connectivity index (χ3v) is 4.36. The highest BCUT2D eigenvalue weighted by Crippen LogP contribution is 2.45. The van der Waals surface area contributed by atoms with E-state index < -0.39 is 11.5 Å². The molecular formula is C16H29NO. The van der Waals surface area contributed by atoms with Crippen LogP contribution in [0, 0.1) is 28.1 Å². The Morgan fingerprint density at radius 3 is 2.28 bits per heavy atom. The maximum Gasteiger partial charge on any atom is 0.0832 e. The molecule has 18 heavy (non-hydrogen) atoms. The highest BCUT2D eigenvalue weighted by Gasteiger charge is 2.42. The van der Waals surface area contributed by atoms with Gasteiger partial charge in [0.05, 0.1) is 17.6 Å². The van der Waals surface area contributed by atoms with Gasteiger partial charge in [0.15, 0.2) is 0 Å². The molecule has 1 N–H and O–H groups in total. The van der Waals surface area contributed by atoms with Gasteiger partial charge in [-0.05, 0) is 43.4 Å². The van der Waals surface area contributed by atoms with Crippen molar-refractivity contribution in [1.82, 2.24) is 0 Å². The summed E-state index contributed by atoms with van der Waals surface area (Å²) in [6.45, 7) is 8.61. The fraction of sp³-hybridized carbons (Fsp3) is 0.938. The molecule has 0 aromatic carbocycles. The molecule has 1 aliphatic rings. The van der Waals surface area contributed by atoms with Crippen LogP contribution in [0.2, 0.25) is 0 Å². The van der Waals surface area contributed by atoms with E-state index in [0.29, 0.717) is 0 Å². The van der Waals surface area contributed by atoms with Crippen LogP contribution >= 0.6 is 0 Å². The zero-order valence-electron chi connectivity index (χ0n) is 12.5. The second-order valence-corrected chi connectivity index (χ2v) is 7.28. The summed E-state index contributed by atoms with van der Waals surface area (Å²) in [7, 11) is 0. The summed E-state index contributed by atoms with van der Waals surface area (Å²) in [4.78, 5) is 0. The zero-order chi connectivity index (χ0) is 13.8. The molecule has 0 aromatic rings. The van der Waals surface area contributed by atoms with Gasteiger partial charge in [0, 0.05) is 0 Å². The average molecular weight is 251 g/mol. The number of rotatable bonds is 4. The molecule has 0 aliphatic heterocycles. The van der Waals surface area contributed by atoms with Crippen LogP contribution in [-0.4, -0.2) is 11.2 Å². The molecule has 0 aromatic heterocycles. The van der Waals surface area contributed by atoms with Gasteiger partial charge in [-0.15, -0.1) is 0 Å². The normalized spacial score (nSPS) is 30.8. The number of hydrogen-bond donors (Lipinski definition) is 1. The predicted octanol–water partition coefficient (Wildman–Crippen LogP) is 4.28. The van der Waals surface area contributed by atoms with Gasteiger partial charge in [-0.3, -0.25) is 0 Å². The summed E-state index contributed by atoms with van der Waals surface area (Å²) in [6, 6.07) is 2.45. The van der Waals surface area contributed by atoms with Crippen LogP contribution < -0.4 is 0 Å². The number of nitrogens with zero attached hydrogens (tertiary/aromatic N) is 1. The van der Waals surface area contributed by atoms with E-state index in [9.17, 15) is 10.4 Å². The maximum atomic E-state index is 10.5. The van der Waals surface area contributed by atoms with Crippen molar-refractivity contribution in [2.75, 3.05) is 0 Å². The van der Waals surface area contributed by atoms with Crippen LogP contribution in [0.25, 0.3) is 0 Å². The monoisotopic (exact) mass is 251 g/mol. The van der Waals surface area contributed by atoms with Gasteiger partial charge in [0.25, 0.3) is 0 Å². The summed E-state index contributed by atoms with van der Waals surface area (Å²) in [5.41, 5.74) is -0.388. The van der Waals surface area contributed by atoms with Crippen molar-refractivity contribution >= 4 is 0 Å². The first kappa shape index (κ1) is 15.5. The van der Waals surface area contributed by atoms with Gasteiger partial charge in [-0.1, -0.05) is 40.5 Å². The Hall–Kier alpha value is -0.550. The Labute approximate surface area is 112 Å². The summed E-state index contributed by atoms with van der Waals surface area (Å²) in [5, 5.41) is 20.0. The lowest BCUT2D eigenvalue weighted by Crippen LogP contribution is -2.39. The molecule has 1 fully saturated rings. The number of hydrogen-bond acceptors (Lipinski definition) is 2. The van der Waals surface area contributed by atoms with Gasteiger partial charge in [0.1, 0.15) is 0 Å². The SMILES string of the molecule is CCCC1CCC(C#N)(C(O)CC(C)(C)C)CC1. The first-order valence-corrected chi connectivity index (χ1v) is 7.42. The highest BCUT2D eigenvalue weighted by atomic mass is 16.3. The van der Waals surface area contributed by atoms with Crippen molar-refractivity contribution < 1.29 is 5.11 Å². The molecule has 0 spiro atoms. The smallest absolute Gasteiger partial charge is 0.0832 e. The zero-order valence-corrected chi connectivity index (χ0v) is 12.5. The van der Waals surface area contributed by atoms with Crippen LogP contribution in [0.1, 0.15) is 72.6 Å². The van der Waals surface area contributed by atoms with Crippen LogP contribution in [0.4, 0.5) is 0 Å². The van der Waals surface area contributed by atoms with Crippen molar-refractivity contribution in [3.63, 3.8) is 0 Å². The van der Waals surface area contributed by atoms with Crippen molar-refractivity contribution in [2.24, 2.45) is 16.7 Å². The van der Waals surface area contributed by atoms with Crippen molar-refractivity contribution in [3.8, 4) is 6.07 Å². The molecular weight excluding hydrogens is 222 g/mol. The van der Waals surface area contributed by atoms with Gasteiger partial charge in [-0.25, -0.2) is 0 Å². The standard InChI is InChI=1S/C16H29NO/c1-5-6-13-7-9-16(12-17,10-8-13)14(18)11-15(2,3)4/h13-14,18H,5-11H2,1-4H3. The minimum atomic E-state index is -0.475. The predicted molar refractivity (Wildman–Crippen MR) is 75.0 cm³/mol. The topological polar surface area (TPSA) is 44.0 Å². The van der Waals surface area contributed by atoms with Crippen molar-refractivity contribution in [2.45, 2.75) is 78.7 Å². The molecule has 0 heterocycles. The summed E-state index contributed by atoms with van der Waals surface area (Å²) >= 11 is 0. The summed E-state index contributed by atoms with van der Waals surface area (Å²) < 4.78 is 0. The Morgan fingerprint density at radius 2 is 1.89 bits per heavy atom. The molecule has 2 heteroatoms. The lowest BCUT2D eigenvalue weighted by molar-refractivity contribution is -0.00108. The molecule has 0 saturated heterocycles. The molecule has 1 atom stereocenters. The fourth-order valence-electron chi connectivity index (χ4n) is 3.18. The number of aliphatic hydroxyl groups is 1. The van der Waals surface area contributed by atoms with E-state index >= 15 is 0 Å². The average Bonchev–Trinajstić information content (AvgIpc) is 2.28. The van der Waals surface area contributed by atoms with E-state index in [4.69, 9.17) is 0 Å². The lowest BCUT2D eigenvalue weighted by Gasteiger charge is -2.40. The van der Waals surface area contributed by atoms with Gasteiger partial charge >= 0.3 is 0 Å². The van der Waals surface area contributed by atoms with Crippen LogP contribution in [0.15, 0.2) is 0 Å². The third kappa shape index (κ3) is 3.99. The van der Waals surface area contributed by atoms with Gasteiger partial charge < -0.3 is 5.11 Å². The van der Waals surface area contributed by atoms with E-state index in [1.807, 2.05) is 0 Å². The molecule has 1 saturated carbocycles. The lowest BCUT2D eigenvalue weighted by atomic mass is 9.65. The molecule has 1 rings (SSSR count). The molecule has 0 amide bonds. The maximum absolute atomic E-state index is 10.5. The Balaban J connectivity index is 2.63. The van der Waals surface area contributed by atoms with Crippen LogP contribution in [0.3, 0.4) is 0 Å². The van der Waals surface area contributed by atoms with E-state index in [1.165, 1.54) is 12.8 Å². The first-order chi connectivity index (χ1) is 8.33. The largest absolute Gasteiger partial charge is 0.391 e. The van der Waals surface area contributed by atoms with Crippen LogP contribution in [0.5, 0.6) is 0 Å². The minimum Gasteiger partial charge on any atom is -0.391 e. The van der Waals surface area contributed by atoms with Crippen molar-refractivity contribution in [3.05, 3.63) is 0 Å². The van der Waals surface area contributed by atoms with E-state index in [0.717, 1.165) is 38.0 Å². The molecule has 0 radical (unpaired) electrons. The fourth-order valence-corrected chi connectivity index (χ4v) is 3.18. The molecule has 2 nitrogen and oxygen atoms in total. The summed E-state index contributed by atoms with van der Waals surface area (Å²) in [5.74, 6) is 0.776. The number of nitriles is 1.